The van der Waals surface area contributed by atoms with Crippen LogP contribution in [0.2, 0.25) is 0 Å². The fraction of sp³-hybridized carbons (Fsp3) is 0.125. The van der Waals surface area contributed by atoms with Crippen LogP contribution in [-0.2, 0) is 0 Å². The molecule has 90 valence electrons. The summed E-state index contributed by atoms with van der Waals surface area (Å²) in [7, 11) is 0. The molecule has 1 heterocycles. The lowest BCUT2D eigenvalue weighted by Crippen LogP contribution is -1.94. The molecule has 0 saturated carbocycles. The second-order valence-electron chi connectivity index (χ2n) is 4.44. The maximum atomic E-state index is 3.85. The second-order valence-corrected chi connectivity index (χ2v) is 6.10. The van der Waals surface area contributed by atoms with Crippen LogP contribution in [0.1, 0.15) is 21.5 Å². The molecule has 0 radical (unpaired) electrons. The molecule has 1 atom stereocenters. The van der Waals surface area contributed by atoms with Crippen molar-refractivity contribution in [1.82, 2.24) is 0 Å². The van der Waals surface area contributed by atoms with Crippen molar-refractivity contribution in [3.63, 3.8) is 0 Å². The van der Waals surface area contributed by atoms with Crippen LogP contribution in [0.4, 0.5) is 0 Å². The molecule has 0 nitrogen and oxygen atoms in total. The Labute approximate surface area is 119 Å². The third-order valence-corrected chi connectivity index (χ3v) is 5.13. The summed E-state index contributed by atoms with van der Waals surface area (Å²) in [6.45, 7) is 2.17. The van der Waals surface area contributed by atoms with E-state index in [4.69, 9.17) is 0 Å². The molecule has 0 N–H and O–H groups in total. The minimum absolute atomic E-state index is 0.273. The molecule has 0 spiro atoms. The van der Waals surface area contributed by atoms with E-state index in [-0.39, 0.29) is 4.83 Å². The van der Waals surface area contributed by atoms with Gasteiger partial charge in [0.1, 0.15) is 0 Å². The number of hydrogen-bond donors (Lipinski definition) is 0. The number of halogens is 1. The Morgan fingerprint density at radius 1 is 0.944 bits per heavy atom. The lowest BCUT2D eigenvalue weighted by molar-refractivity contribution is 1.18. The van der Waals surface area contributed by atoms with Crippen LogP contribution in [-0.4, -0.2) is 0 Å². The Morgan fingerprint density at radius 3 is 2.50 bits per heavy atom. The first-order valence-corrected chi connectivity index (χ1v) is 7.77. The van der Waals surface area contributed by atoms with Crippen molar-refractivity contribution in [1.29, 1.82) is 0 Å². The molecule has 1 aromatic heterocycles. The van der Waals surface area contributed by atoms with E-state index in [0.29, 0.717) is 0 Å². The molecule has 0 aliphatic heterocycles. The molecule has 0 bridgehead atoms. The fourth-order valence-electron chi connectivity index (χ4n) is 2.27. The highest BCUT2D eigenvalue weighted by molar-refractivity contribution is 9.09. The van der Waals surface area contributed by atoms with E-state index in [1.54, 1.807) is 11.3 Å². The Morgan fingerprint density at radius 2 is 1.72 bits per heavy atom. The molecule has 3 aromatic rings. The van der Waals surface area contributed by atoms with Crippen molar-refractivity contribution in [3.8, 4) is 0 Å². The number of alkyl halides is 1. The van der Waals surface area contributed by atoms with Gasteiger partial charge in [0.2, 0.25) is 0 Å². The molecule has 18 heavy (non-hydrogen) atoms. The monoisotopic (exact) mass is 316 g/mol. The van der Waals surface area contributed by atoms with Crippen LogP contribution >= 0.6 is 27.3 Å². The van der Waals surface area contributed by atoms with Crippen molar-refractivity contribution >= 4 is 38.0 Å². The predicted molar refractivity (Wildman–Crippen MR) is 83.8 cm³/mol. The first kappa shape index (κ1) is 11.9. The maximum absolute atomic E-state index is 3.85. The summed E-state index contributed by atoms with van der Waals surface area (Å²) < 4.78 is 0. The van der Waals surface area contributed by atoms with Gasteiger partial charge in [-0.15, -0.1) is 0 Å². The molecule has 2 heteroatoms. The summed E-state index contributed by atoms with van der Waals surface area (Å²) in [5.74, 6) is 0. The van der Waals surface area contributed by atoms with Crippen LogP contribution in [0.15, 0.2) is 53.2 Å². The molecule has 1 unspecified atom stereocenters. The highest BCUT2D eigenvalue weighted by atomic mass is 79.9. The van der Waals surface area contributed by atoms with Gasteiger partial charge in [-0.3, -0.25) is 0 Å². The molecule has 3 rings (SSSR count). The number of rotatable bonds is 2. The third kappa shape index (κ3) is 2.00. The standard InChI is InChI=1S/C16H13BrS/c1-11-9-18-10-15(11)16(17)14-8-4-6-12-5-2-3-7-13(12)14/h2-10,16H,1H3. The Hall–Kier alpha value is -1.12. The van der Waals surface area contributed by atoms with Crippen molar-refractivity contribution in [3.05, 3.63) is 69.9 Å². The van der Waals surface area contributed by atoms with E-state index in [1.165, 1.54) is 27.5 Å². The SMILES string of the molecule is Cc1cscc1C(Br)c1cccc2ccccc12. The quantitative estimate of drug-likeness (QED) is 0.532. The second kappa shape index (κ2) is 4.87. The summed E-state index contributed by atoms with van der Waals surface area (Å²) in [6, 6.07) is 15.1. The van der Waals surface area contributed by atoms with E-state index in [1.807, 2.05) is 0 Å². The van der Waals surface area contributed by atoms with Gasteiger partial charge in [-0.05, 0) is 45.1 Å². The zero-order chi connectivity index (χ0) is 12.5. The van der Waals surface area contributed by atoms with E-state index in [2.05, 4.69) is 76.1 Å². The van der Waals surface area contributed by atoms with Gasteiger partial charge in [0.05, 0.1) is 4.83 Å². The first-order valence-electron chi connectivity index (χ1n) is 5.92. The number of thiophene rings is 1. The van der Waals surface area contributed by atoms with Gasteiger partial charge in [-0.1, -0.05) is 58.4 Å². The van der Waals surface area contributed by atoms with E-state index < -0.39 is 0 Å². The van der Waals surface area contributed by atoms with Gasteiger partial charge >= 0.3 is 0 Å². The zero-order valence-corrected chi connectivity index (χ0v) is 12.5. The van der Waals surface area contributed by atoms with Gasteiger partial charge < -0.3 is 0 Å². The van der Waals surface area contributed by atoms with Crippen LogP contribution < -0.4 is 0 Å². The topological polar surface area (TPSA) is 0 Å². The summed E-state index contributed by atoms with van der Waals surface area (Å²) in [5, 5.41) is 7.06. The van der Waals surface area contributed by atoms with Crippen molar-refractivity contribution in [2.24, 2.45) is 0 Å². The summed E-state index contributed by atoms with van der Waals surface area (Å²) in [6.07, 6.45) is 0. The normalized spacial score (nSPS) is 12.8. The Bertz CT molecular complexity index is 679. The average molecular weight is 317 g/mol. The lowest BCUT2D eigenvalue weighted by Gasteiger charge is -2.13. The zero-order valence-electron chi connectivity index (χ0n) is 10.1. The molecule has 2 aromatic carbocycles. The van der Waals surface area contributed by atoms with Crippen LogP contribution in [0.3, 0.4) is 0 Å². The number of aryl methyl sites for hydroxylation is 1. The predicted octanol–water partition coefficient (Wildman–Crippen LogP) is 5.69. The minimum atomic E-state index is 0.273. The average Bonchev–Trinajstić information content (AvgIpc) is 2.83. The van der Waals surface area contributed by atoms with Crippen LogP contribution in [0.25, 0.3) is 10.8 Å². The van der Waals surface area contributed by atoms with Gasteiger partial charge in [0.15, 0.2) is 0 Å². The maximum Gasteiger partial charge on any atom is 0.0661 e. The van der Waals surface area contributed by atoms with Crippen LogP contribution in [0, 0.1) is 6.92 Å². The highest BCUT2D eigenvalue weighted by Gasteiger charge is 2.15. The number of fused-ring (bicyclic) bond motifs is 1. The van der Waals surface area contributed by atoms with Gasteiger partial charge in [0.25, 0.3) is 0 Å². The van der Waals surface area contributed by atoms with Crippen molar-refractivity contribution in [2.75, 3.05) is 0 Å². The Balaban J connectivity index is 2.18. The van der Waals surface area contributed by atoms with Gasteiger partial charge in [0, 0.05) is 0 Å². The molecule has 0 aliphatic carbocycles. The van der Waals surface area contributed by atoms with Gasteiger partial charge in [-0.2, -0.15) is 11.3 Å². The first-order chi connectivity index (χ1) is 8.77. The van der Waals surface area contributed by atoms with E-state index in [9.17, 15) is 0 Å². The van der Waals surface area contributed by atoms with Crippen molar-refractivity contribution in [2.45, 2.75) is 11.8 Å². The summed E-state index contributed by atoms with van der Waals surface area (Å²) in [4.78, 5) is 0.273. The molecular weight excluding hydrogens is 304 g/mol. The lowest BCUT2D eigenvalue weighted by atomic mass is 9.98. The Kier molecular flexibility index (Phi) is 3.23. The number of hydrogen-bond acceptors (Lipinski definition) is 1. The molecule has 0 aliphatic rings. The minimum Gasteiger partial charge on any atom is -0.152 e. The van der Waals surface area contributed by atoms with E-state index in [0.717, 1.165) is 0 Å². The van der Waals surface area contributed by atoms with Gasteiger partial charge in [-0.25, -0.2) is 0 Å². The van der Waals surface area contributed by atoms with Crippen LogP contribution in [0.5, 0.6) is 0 Å². The third-order valence-electron chi connectivity index (χ3n) is 3.26. The molecular formula is C16H13BrS. The largest absolute Gasteiger partial charge is 0.152 e. The highest BCUT2D eigenvalue weighted by Crippen LogP contribution is 2.37. The van der Waals surface area contributed by atoms with E-state index >= 15 is 0 Å². The number of benzene rings is 2. The molecule has 0 amide bonds. The summed E-state index contributed by atoms with van der Waals surface area (Å²) in [5.41, 5.74) is 4.07. The molecule has 0 fully saturated rings. The van der Waals surface area contributed by atoms with Crippen molar-refractivity contribution < 1.29 is 0 Å². The fourth-order valence-corrected chi connectivity index (χ4v) is 4.21. The smallest absolute Gasteiger partial charge is 0.0661 e. The molecule has 0 saturated heterocycles. The summed E-state index contributed by atoms with van der Waals surface area (Å²) >= 11 is 5.62.